The Labute approximate surface area is 181 Å². The van der Waals surface area contributed by atoms with Crippen LogP contribution in [0.3, 0.4) is 0 Å². The van der Waals surface area contributed by atoms with Crippen LogP contribution in [0.4, 0.5) is 9.52 Å². The number of aryl methyl sites for hydroxylation is 3. The van der Waals surface area contributed by atoms with Crippen molar-refractivity contribution in [3.63, 3.8) is 0 Å². The molecule has 2 heterocycles. The summed E-state index contributed by atoms with van der Waals surface area (Å²) in [6, 6.07) is 9.47. The molecule has 1 aliphatic heterocycles. The first kappa shape index (κ1) is 21.0. The molecule has 0 amide bonds. The lowest BCUT2D eigenvalue weighted by Crippen LogP contribution is -2.39. The molecule has 0 bridgehead atoms. The van der Waals surface area contributed by atoms with Gasteiger partial charge in [0.1, 0.15) is 5.82 Å². The molecule has 4 rings (SSSR count). The molecule has 0 unspecified atom stereocenters. The van der Waals surface area contributed by atoms with Crippen LogP contribution < -0.4 is 4.90 Å². The van der Waals surface area contributed by atoms with Gasteiger partial charge in [-0.25, -0.2) is 17.8 Å². The molecule has 1 fully saturated rings. The molecule has 158 valence electrons. The minimum atomic E-state index is -3.45. The van der Waals surface area contributed by atoms with E-state index in [0.717, 1.165) is 10.8 Å². The smallest absolute Gasteiger partial charge is 0.185 e. The molecule has 2 aromatic carbocycles. The monoisotopic (exact) mass is 444 g/mol. The average Bonchev–Trinajstić information content (AvgIpc) is 3.17. The molecule has 1 aromatic heterocycles. The van der Waals surface area contributed by atoms with Crippen LogP contribution in [0.15, 0.2) is 46.7 Å². The van der Waals surface area contributed by atoms with E-state index < -0.39 is 20.9 Å². The quantitative estimate of drug-likeness (QED) is 0.511. The molecule has 0 saturated carbocycles. The number of hydrogen-bond donors (Lipinski definition) is 0. The average molecular weight is 445 g/mol. The van der Waals surface area contributed by atoms with Crippen molar-refractivity contribution in [3.8, 4) is 11.3 Å². The standard InChI is InChI=1S/C23H25FN2O2S2/c1-15-12-16(2)22(17(3)13-15)21-14-29-23(25-21)26-10-8-20(9-11-26)30(27,28)19-6-4-18(24)5-7-19/h4-7,12-14,20H,8-11H2,1-3H3. The topological polar surface area (TPSA) is 50.3 Å². The van der Waals surface area contributed by atoms with Crippen molar-refractivity contribution in [2.45, 2.75) is 43.8 Å². The zero-order valence-corrected chi connectivity index (χ0v) is 19.0. The number of rotatable bonds is 4. The second-order valence-electron chi connectivity index (χ2n) is 7.97. The Kier molecular flexibility index (Phi) is 5.68. The Balaban J connectivity index is 1.49. The van der Waals surface area contributed by atoms with Gasteiger partial charge in [-0.2, -0.15) is 0 Å². The van der Waals surface area contributed by atoms with Crippen LogP contribution in [0, 0.1) is 26.6 Å². The van der Waals surface area contributed by atoms with Gasteiger partial charge in [-0.05, 0) is 69.0 Å². The van der Waals surface area contributed by atoms with Gasteiger partial charge in [0.15, 0.2) is 15.0 Å². The summed E-state index contributed by atoms with van der Waals surface area (Å²) in [7, 11) is -3.45. The molecule has 7 heteroatoms. The Hall–Kier alpha value is -2.25. The molecular weight excluding hydrogens is 419 g/mol. The lowest BCUT2D eigenvalue weighted by atomic mass is 9.98. The van der Waals surface area contributed by atoms with Crippen molar-refractivity contribution in [1.29, 1.82) is 0 Å². The van der Waals surface area contributed by atoms with Crippen LogP contribution >= 0.6 is 11.3 Å². The summed E-state index contributed by atoms with van der Waals surface area (Å²) in [5.74, 6) is -0.428. The predicted octanol–water partition coefficient (Wildman–Crippen LogP) is 5.32. The number of anilines is 1. The maximum atomic E-state index is 13.1. The molecule has 0 atom stereocenters. The van der Waals surface area contributed by atoms with Crippen LogP contribution in [0.5, 0.6) is 0 Å². The fourth-order valence-electron chi connectivity index (χ4n) is 4.28. The zero-order chi connectivity index (χ0) is 21.5. The summed E-state index contributed by atoms with van der Waals surface area (Å²) in [6.45, 7) is 7.61. The van der Waals surface area contributed by atoms with Crippen LogP contribution in [0.2, 0.25) is 0 Å². The van der Waals surface area contributed by atoms with E-state index in [1.165, 1.54) is 46.5 Å². The van der Waals surface area contributed by atoms with Gasteiger partial charge >= 0.3 is 0 Å². The summed E-state index contributed by atoms with van der Waals surface area (Å²) >= 11 is 1.60. The molecule has 0 radical (unpaired) electrons. The molecular formula is C23H25FN2O2S2. The zero-order valence-electron chi connectivity index (χ0n) is 17.4. The van der Waals surface area contributed by atoms with Gasteiger partial charge in [0.2, 0.25) is 0 Å². The molecule has 0 aliphatic carbocycles. The van der Waals surface area contributed by atoms with Gasteiger partial charge in [-0.15, -0.1) is 11.3 Å². The van der Waals surface area contributed by atoms with Gasteiger partial charge in [0, 0.05) is 24.0 Å². The highest BCUT2D eigenvalue weighted by atomic mass is 32.2. The fraction of sp³-hybridized carbons (Fsp3) is 0.348. The number of benzene rings is 2. The van der Waals surface area contributed by atoms with E-state index in [2.05, 4.69) is 43.2 Å². The van der Waals surface area contributed by atoms with Crippen LogP contribution in [-0.2, 0) is 9.84 Å². The highest BCUT2D eigenvalue weighted by Crippen LogP contribution is 2.34. The Morgan fingerprint density at radius 2 is 1.63 bits per heavy atom. The first-order valence-electron chi connectivity index (χ1n) is 10.0. The van der Waals surface area contributed by atoms with Gasteiger partial charge < -0.3 is 4.90 Å². The normalized spacial score (nSPS) is 15.5. The largest absolute Gasteiger partial charge is 0.348 e. The van der Waals surface area contributed by atoms with Crippen molar-refractivity contribution in [3.05, 3.63) is 64.3 Å². The lowest BCUT2D eigenvalue weighted by molar-refractivity contribution is 0.529. The molecule has 1 aliphatic rings. The van der Waals surface area contributed by atoms with Gasteiger partial charge in [0.25, 0.3) is 0 Å². The molecule has 4 nitrogen and oxygen atoms in total. The van der Waals surface area contributed by atoms with Crippen molar-refractivity contribution in [1.82, 2.24) is 4.98 Å². The second kappa shape index (κ2) is 8.12. The van der Waals surface area contributed by atoms with E-state index in [4.69, 9.17) is 4.98 Å². The lowest BCUT2D eigenvalue weighted by Gasteiger charge is -2.31. The Morgan fingerprint density at radius 1 is 1.03 bits per heavy atom. The van der Waals surface area contributed by atoms with Crippen LogP contribution in [0.25, 0.3) is 11.3 Å². The summed E-state index contributed by atoms with van der Waals surface area (Å²) in [4.78, 5) is 7.23. The third-order valence-electron chi connectivity index (χ3n) is 5.72. The summed E-state index contributed by atoms with van der Waals surface area (Å²) < 4.78 is 38.9. The SMILES string of the molecule is Cc1cc(C)c(-c2csc(N3CCC(S(=O)(=O)c4ccc(F)cc4)CC3)n2)c(C)c1. The van der Waals surface area contributed by atoms with Crippen LogP contribution in [-0.4, -0.2) is 31.7 Å². The Morgan fingerprint density at radius 3 is 2.23 bits per heavy atom. The first-order chi connectivity index (χ1) is 14.3. The third kappa shape index (κ3) is 4.01. The number of aromatic nitrogens is 1. The maximum absolute atomic E-state index is 13.1. The summed E-state index contributed by atoms with van der Waals surface area (Å²) in [5, 5.41) is 2.57. The number of nitrogens with zero attached hydrogens (tertiary/aromatic N) is 2. The van der Waals surface area contributed by atoms with Crippen molar-refractivity contribution >= 4 is 26.3 Å². The van der Waals surface area contributed by atoms with E-state index in [1.807, 2.05) is 0 Å². The number of piperidine rings is 1. The third-order valence-corrected chi connectivity index (χ3v) is 8.90. The number of halogens is 1. The molecule has 1 saturated heterocycles. The van der Waals surface area contributed by atoms with Crippen molar-refractivity contribution < 1.29 is 12.8 Å². The summed E-state index contributed by atoms with van der Waals surface area (Å²) in [6.07, 6.45) is 1.08. The predicted molar refractivity (Wildman–Crippen MR) is 121 cm³/mol. The highest BCUT2D eigenvalue weighted by Gasteiger charge is 2.32. The van der Waals surface area contributed by atoms with Gasteiger partial charge in [-0.1, -0.05) is 17.7 Å². The summed E-state index contributed by atoms with van der Waals surface area (Å²) in [5.41, 5.74) is 5.83. The van der Waals surface area contributed by atoms with E-state index in [9.17, 15) is 12.8 Å². The molecule has 0 N–H and O–H groups in total. The molecule has 3 aromatic rings. The number of hydrogen-bond acceptors (Lipinski definition) is 5. The second-order valence-corrected chi connectivity index (χ2v) is 11.0. The number of sulfone groups is 1. The van der Waals surface area contributed by atoms with Crippen molar-refractivity contribution in [2.75, 3.05) is 18.0 Å². The maximum Gasteiger partial charge on any atom is 0.185 e. The fourth-order valence-corrected chi connectivity index (χ4v) is 6.88. The van der Waals surface area contributed by atoms with E-state index in [0.29, 0.717) is 25.9 Å². The highest BCUT2D eigenvalue weighted by molar-refractivity contribution is 7.92. The first-order valence-corrected chi connectivity index (χ1v) is 12.5. The number of thiazole rings is 1. The van der Waals surface area contributed by atoms with Crippen molar-refractivity contribution in [2.24, 2.45) is 0 Å². The molecule has 0 spiro atoms. The van der Waals surface area contributed by atoms with E-state index >= 15 is 0 Å². The minimum absolute atomic E-state index is 0.198. The minimum Gasteiger partial charge on any atom is -0.348 e. The molecule has 30 heavy (non-hydrogen) atoms. The van der Waals surface area contributed by atoms with Crippen LogP contribution in [0.1, 0.15) is 29.5 Å². The van der Waals surface area contributed by atoms with Gasteiger partial charge in [0.05, 0.1) is 15.8 Å². The Bertz CT molecular complexity index is 1140. The van der Waals surface area contributed by atoms with E-state index in [1.54, 1.807) is 11.3 Å². The van der Waals surface area contributed by atoms with Gasteiger partial charge in [-0.3, -0.25) is 0 Å². The van der Waals surface area contributed by atoms with E-state index in [-0.39, 0.29) is 4.90 Å².